The lowest BCUT2D eigenvalue weighted by Crippen LogP contribution is -2.16. The summed E-state index contributed by atoms with van der Waals surface area (Å²) in [5.74, 6) is 0. The van der Waals surface area contributed by atoms with Gasteiger partial charge in [-0.15, -0.1) is 0 Å². The molecule has 0 unspecified atom stereocenters. The number of hydrogen-bond acceptors (Lipinski definition) is 0. The highest BCUT2D eigenvalue weighted by Gasteiger charge is 2.25. The first kappa shape index (κ1) is 33.5. The van der Waals surface area contributed by atoms with Gasteiger partial charge in [-0.05, 0) is 88.4 Å². The lowest BCUT2D eigenvalue weighted by Gasteiger charge is -2.28. The Labute approximate surface area is 279 Å². The van der Waals surface area contributed by atoms with Crippen molar-refractivity contribution >= 4 is 0 Å². The van der Waals surface area contributed by atoms with Crippen molar-refractivity contribution in [3.05, 3.63) is 131 Å². The van der Waals surface area contributed by atoms with E-state index in [4.69, 9.17) is 0 Å². The molecule has 0 aliphatic carbocycles. The van der Waals surface area contributed by atoms with Crippen LogP contribution < -0.4 is 0 Å². The minimum absolute atomic E-state index is 0.0262. The minimum Gasteiger partial charge on any atom is -0.0622 e. The Morgan fingerprint density at radius 2 is 0.717 bits per heavy atom. The van der Waals surface area contributed by atoms with Crippen LogP contribution in [0.2, 0.25) is 0 Å². The predicted molar refractivity (Wildman–Crippen MR) is 203 cm³/mol. The van der Waals surface area contributed by atoms with Crippen molar-refractivity contribution in [3.8, 4) is 44.5 Å². The maximum atomic E-state index is 2.44. The largest absolute Gasteiger partial charge is 0.0622 e. The summed E-state index contributed by atoms with van der Waals surface area (Å²) in [5, 5.41) is 0. The molecule has 0 spiro atoms. The third-order valence-electron chi connectivity index (χ3n) is 9.32. The standard InChI is InChI=1S/C46H54/c1-43(2,3)35-23-21-32(22-24-35)41-40(34-28-37(45(7,8)9)30-38(29-34)46(10,11)12)26-25-39(31-17-14-13-15-18-31)42(41)33-19-16-20-36(27-33)44(4,5)6/h13-30H,1-12H3. The van der Waals surface area contributed by atoms with Crippen LogP contribution in [0.25, 0.3) is 44.5 Å². The smallest absolute Gasteiger partial charge is 0.00205 e. The Balaban J connectivity index is 1.95. The first-order valence-electron chi connectivity index (χ1n) is 16.9. The molecule has 0 saturated heterocycles. The van der Waals surface area contributed by atoms with Crippen molar-refractivity contribution in [1.29, 1.82) is 0 Å². The van der Waals surface area contributed by atoms with Crippen LogP contribution in [0.4, 0.5) is 0 Å². The van der Waals surface area contributed by atoms with Gasteiger partial charge in [-0.1, -0.05) is 192 Å². The van der Waals surface area contributed by atoms with Crippen LogP contribution in [-0.4, -0.2) is 0 Å². The Morgan fingerprint density at radius 1 is 0.283 bits per heavy atom. The molecule has 0 N–H and O–H groups in total. The van der Waals surface area contributed by atoms with E-state index in [2.05, 4.69) is 192 Å². The molecule has 0 saturated carbocycles. The molecule has 5 rings (SSSR count). The van der Waals surface area contributed by atoms with Gasteiger partial charge in [0.05, 0.1) is 0 Å². The van der Waals surface area contributed by atoms with Crippen molar-refractivity contribution in [1.82, 2.24) is 0 Å². The van der Waals surface area contributed by atoms with Gasteiger partial charge in [0, 0.05) is 0 Å². The van der Waals surface area contributed by atoms with E-state index in [1.54, 1.807) is 0 Å². The molecular formula is C46H54. The average Bonchev–Trinajstić information content (AvgIpc) is 2.99. The second kappa shape index (κ2) is 12.0. The second-order valence-electron chi connectivity index (χ2n) is 17.2. The van der Waals surface area contributed by atoms with E-state index >= 15 is 0 Å². The molecule has 5 aromatic rings. The number of benzene rings is 5. The van der Waals surface area contributed by atoms with E-state index in [-0.39, 0.29) is 21.7 Å². The van der Waals surface area contributed by atoms with Crippen molar-refractivity contribution < 1.29 is 0 Å². The van der Waals surface area contributed by atoms with Crippen molar-refractivity contribution in [3.63, 3.8) is 0 Å². The molecule has 238 valence electrons. The van der Waals surface area contributed by atoms with Crippen LogP contribution in [0.3, 0.4) is 0 Å². The summed E-state index contributed by atoms with van der Waals surface area (Å²) in [7, 11) is 0. The zero-order valence-corrected chi connectivity index (χ0v) is 30.4. The second-order valence-corrected chi connectivity index (χ2v) is 17.2. The Kier molecular flexibility index (Phi) is 8.76. The van der Waals surface area contributed by atoms with E-state index < -0.39 is 0 Å². The van der Waals surface area contributed by atoms with E-state index in [1.165, 1.54) is 66.8 Å². The quantitative estimate of drug-likeness (QED) is 0.191. The molecule has 0 atom stereocenters. The van der Waals surface area contributed by atoms with Crippen LogP contribution in [0.15, 0.2) is 109 Å². The summed E-state index contributed by atoms with van der Waals surface area (Å²) in [6, 6.07) is 41.5. The van der Waals surface area contributed by atoms with Gasteiger partial charge in [-0.3, -0.25) is 0 Å². The van der Waals surface area contributed by atoms with Crippen LogP contribution in [0.5, 0.6) is 0 Å². The molecule has 0 aliphatic heterocycles. The molecule has 0 heteroatoms. The molecule has 0 nitrogen and oxygen atoms in total. The van der Waals surface area contributed by atoms with Gasteiger partial charge < -0.3 is 0 Å². The summed E-state index contributed by atoms with van der Waals surface area (Å²) < 4.78 is 0. The van der Waals surface area contributed by atoms with Gasteiger partial charge in [0.1, 0.15) is 0 Å². The first-order chi connectivity index (χ1) is 21.3. The molecule has 0 heterocycles. The number of hydrogen-bond donors (Lipinski definition) is 0. The van der Waals surface area contributed by atoms with Crippen LogP contribution in [0.1, 0.15) is 105 Å². The summed E-state index contributed by atoms with van der Waals surface area (Å²) in [6.07, 6.45) is 0. The van der Waals surface area contributed by atoms with Gasteiger partial charge in [-0.2, -0.15) is 0 Å². The minimum atomic E-state index is 0.0262. The summed E-state index contributed by atoms with van der Waals surface area (Å²) in [4.78, 5) is 0. The molecule has 0 aliphatic rings. The van der Waals surface area contributed by atoms with Crippen LogP contribution >= 0.6 is 0 Å². The predicted octanol–water partition coefficient (Wildman–Crippen LogP) is 13.5. The fourth-order valence-corrected chi connectivity index (χ4v) is 6.23. The van der Waals surface area contributed by atoms with Gasteiger partial charge >= 0.3 is 0 Å². The zero-order chi connectivity index (χ0) is 33.7. The highest BCUT2D eigenvalue weighted by atomic mass is 14.3. The highest BCUT2D eigenvalue weighted by molar-refractivity contribution is 6.01. The van der Waals surface area contributed by atoms with Gasteiger partial charge in [0.15, 0.2) is 0 Å². The lowest BCUT2D eigenvalue weighted by molar-refractivity contribution is 0.569. The maximum Gasteiger partial charge on any atom is -0.00205 e. The molecule has 0 amide bonds. The third-order valence-corrected chi connectivity index (χ3v) is 9.32. The first-order valence-corrected chi connectivity index (χ1v) is 16.9. The van der Waals surface area contributed by atoms with Crippen molar-refractivity contribution in [2.45, 2.75) is 105 Å². The topological polar surface area (TPSA) is 0 Å². The monoisotopic (exact) mass is 606 g/mol. The molecule has 0 aromatic heterocycles. The van der Waals surface area contributed by atoms with E-state index in [0.717, 1.165) is 0 Å². The third kappa shape index (κ3) is 7.07. The fourth-order valence-electron chi connectivity index (χ4n) is 6.23. The van der Waals surface area contributed by atoms with Gasteiger partial charge in [0.2, 0.25) is 0 Å². The molecular weight excluding hydrogens is 553 g/mol. The van der Waals surface area contributed by atoms with Crippen LogP contribution in [0, 0.1) is 0 Å². The van der Waals surface area contributed by atoms with Crippen molar-refractivity contribution in [2.24, 2.45) is 0 Å². The highest BCUT2D eigenvalue weighted by Crippen LogP contribution is 2.47. The summed E-state index contributed by atoms with van der Waals surface area (Å²) >= 11 is 0. The summed E-state index contributed by atoms with van der Waals surface area (Å²) in [5.41, 5.74) is 15.7. The molecule has 0 fully saturated rings. The Hall–Kier alpha value is -3.90. The fraction of sp³-hybridized carbons (Fsp3) is 0.348. The van der Waals surface area contributed by atoms with E-state index in [1.807, 2.05) is 0 Å². The summed E-state index contributed by atoms with van der Waals surface area (Å²) in [6.45, 7) is 27.7. The van der Waals surface area contributed by atoms with Gasteiger partial charge in [-0.25, -0.2) is 0 Å². The average molecular weight is 607 g/mol. The SMILES string of the molecule is CC(C)(C)c1ccc(-c2c(-c3cc(C(C)(C)C)cc(C(C)(C)C)c3)ccc(-c3ccccc3)c2-c2cccc(C(C)(C)C)c2)cc1. The maximum absolute atomic E-state index is 2.44. The van der Waals surface area contributed by atoms with Crippen molar-refractivity contribution in [2.75, 3.05) is 0 Å². The Bertz CT molecular complexity index is 1790. The lowest BCUT2D eigenvalue weighted by atomic mass is 9.76. The molecule has 5 aromatic carbocycles. The molecule has 0 radical (unpaired) electrons. The molecule has 46 heavy (non-hydrogen) atoms. The molecule has 0 bridgehead atoms. The van der Waals surface area contributed by atoms with Crippen LogP contribution in [-0.2, 0) is 21.7 Å². The van der Waals surface area contributed by atoms with E-state index in [0.29, 0.717) is 0 Å². The van der Waals surface area contributed by atoms with E-state index in [9.17, 15) is 0 Å². The Morgan fingerprint density at radius 3 is 1.22 bits per heavy atom. The number of rotatable bonds is 4. The van der Waals surface area contributed by atoms with Gasteiger partial charge in [0.25, 0.3) is 0 Å². The normalized spacial score (nSPS) is 12.8. The zero-order valence-electron chi connectivity index (χ0n) is 30.4.